The minimum absolute atomic E-state index is 0.473. The molecule has 3 aromatic carbocycles. The Hall–Kier alpha value is -3.17. The van der Waals surface area contributed by atoms with Gasteiger partial charge in [0.15, 0.2) is 12.7 Å². The van der Waals surface area contributed by atoms with Gasteiger partial charge in [-0.2, -0.15) is 13.1 Å². The third kappa shape index (κ3) is 6.66. The van der Waals surface area contributed by atoms with Crippen molar-refractivity contribution < 1.29 is 26.9 Å². The largest absolute Gasteiger partial charge is 0.480 e. The molecule has 0 fully saturated rings. The van der Waals surface area contributed by atoms with Gasteiger partial charge in [-0.1, -0.05) is 72.3 Å². The zero-order valence-corrected chi connectivity index (χ0v) is 19.7. The third-order valence-electron chi connectivity index (χ3n) is 4.92. The number of nitrogens with zero attached hydrogens (tertiary/aromatic N) is 2. The van der Waals surface area contributed by atoms with Crippen molar-refractivity contribution in [1.29, 1.82) is 0 Å². The molecule has 9 heteroatoms. The van der Waals surface area contributed by atoms with Crippen molar-refractivity contribution in [3.8, 4) is 28.3 Å². The Labute approximate surface area is 198 Å². The van der Waals surface area contributed by atoms with Crippen LogP contribution < -0.4 is 9.42 Å². The molecule has 0 aliphatic heterocycles. The highest BCUT2D eigenvalue weighted by Gasteiger charge is 2.30. The summed E-state index contributed by atoms with van der Waals surface area (Å²) in [5.74, 6) is 0.873. The number of halogens is 1. The Morgan fingerprint density at radius 3 is 1.88 bits per heavy atom. The van der Waals surface area contributed by atoms with Gasteiger partial charge in [-0.25, -0.2) is 0 Å². The van der Waals surface area contributed by atoms with Gasteiger partial charge in [0, 0.05) is 10.6 Å². The molecule has 0 saturated carbocycles. The molecule has 0 unspecified atom stereocenters. The Balaban J connectivity index is 0.000000555. The summed E-state index contributed by atoms with van der Waals surface area (Å²) in [6, 6.07) is 28.5. The van der Waals surface area contributed by atoms with Crippen LogP contribution in [-0.2, 0) is 31.1 Å². The molecule has 0 atom stereocenters. The number of aromatic nitrogens is 2. The lowest BCUT2D eigenvalue weighted by Crippen LogP contribution is -2.39. The van der Waals surface area contributed by atoms with E-state index in [2.05, 4.69) is 47.7 Å². The SMILES string of the molecule is Cn1c(-c2ccccc2)c(OCc2ccc(Cl)cc2)c(-c2ccccc2)[n+]1C.O=S(=O)(O)O. The van der Waals surface area contributed by atoms with Crippen molar-refractivity contribution in [3.05, 3.63) is 95.5 Å². The number of ether oxygens (including phenoxy) is 1. The van der Waals surface area contributed by atoms with Gasteiger partial charge in [-0.15, -0.1) is 4.68 Å². The van der Waals surface area contributed by atoms with Crippen LogP contribution in [0.2, 0.25) is 5.02 Å². The summed E-state index contributed by atoms with van der Waals surface area (Å²) in [5.41, 5.74) is 5.42. The molecule has 0 aliphatic carbocycles. The molecule has 33 heavy (non-hydrogen) atoms. The van der Waals surface area contributed by atoms with Crippen molar-refractivity contribution >= 4 is 22.0 Å². The van der Waals surface area contributed by atoms with E-state index in [0.717, 1.165) is 38.9 Å². The van der Waals surface area contributed by atoms with E-state index < -0.39 is 10.4 Å². The monoisotopic (exact) mass is 487 g/mol. The first-order valence-corrected chi connectivity index (χ1v) is 11.7. The second kappa shape index (κ2) is 10.6. The summed E-state index contributed by atoms with van der Waals surface area (Å²) in [5, 5.41) is 0.727. The first-order chi connectivity index (χ1) is 15.6. The maximum Gasteiger partial charge on any atom is 0.394 e. The second-order valence-corrected chi connectivity index (χ2v) is 8.50. The molecule has 4 rings (SSSR count). The van der Waals surface area contributed by atoms with Gasteiger partial charge in [0.25, 0.3) is 5.69 Å². The fraction of sp³-hybridized carbons (Fsp3) is 0.125. The molecule has 0 spiro atoms. The van der Waals surface area contributed by atoms with Crippen molar-refractivity contribution in [3.63, 3.8) is 0 Å². The standard InChI is InChI=1S/C24H22ClN2O.H2O4S/c1-26-22(19-9-5-3-6-10-19)24(28-17-18-13-15-21(25)16-14-18)23(27(26)2)20-11-7-4-8-12-20;1-5(2,3)4/h3-16H,17H2,1-2H3;(H2,1,2,3,4)/q+1;. The molecule has 1 aromatic heterocycles. The summed E-state index contributed by atoms with van der Waals surface area (Å²) in [6.45, 7) is 0.473. The molecule has 0 bridgehead atoms. The van der Waals surface area contributed by atoms with E-state index in [9.17, 15) is 0 Å². The van der Waals surface area contributed by atoms with Crippen LogP contribution in [0.25, 0.3) is 22.5 Å². The average molecular weight is 488 g/mol. The Morgan fingerprint density at radius 1 is 0.879 bits per heavy atom. The quantitative estimate of drug-likeness (QED) is 0.312. The summed E-state index contributed by atoms with van der Waals surface area (Å²) in [4.78, 5) is 0. The second-order valence-electron chi connectivity index (χ2n) is 7.17. The third-order valence-corrected chi connectivity index (χ3v) is 5.17. The van der Waals surface area contributed by atoms with Crippen LogP contribution in [0.4, 0.5) is 0 Å². The summed E-state index contributed by atoms with van der Waals surface area (Å²) in [6.07, 6.45) is 0. The van der Waals surface area contributed by atoms with Gasteiger partial charge in [0.05, 0.1) is 12.6 Å². The van der Waals surface area contributed by atoms with Gasteiger partial charge < -0.3 is 4.74 Å². The molecule has 2 N–H and O–H groups in total. The van der Waals surface area contributed by atoms with E-state index in [1.807, 2.05) is 60.7 Å². The molecular weight excluding hydrogens is 464 g/mol. The predicted molar refractivity (Wildman–Crippen MR) is 127 cm³/mol. The minimum Gasteiger partial charge on any atom is -0.480 e. The van der Waals surface area contributed by atoms with E-state index in [1.54, 1.807) is 0 Å². The fourth-order valence-electron chi connectivity index (χ4n) is 3.41. The van der Waals surface area contributed by atoms with Crippen LogP contribution in [-0.4, -0.2) is 22.2 Å². The van der Waals surface area contributed by atoms with Gasteiger partial charge >= 0.3 is 10.4 Å². The van der Waals surface area contributed by atoms with E-state index in [4.69, 9.17) is 33.9 Å². The minimum atomic E-state index is -4.67. The highest BCUT2D eigenvalue weighted by molar-refractivity contribution is 7.79. The molecule has 0 amide bonds. The molecule has 1 heterocycles. The molecular formula is C24H24ClN2O5S+. The molecule has 0 aliphatic rings. The number of hydrogen-bond acceptors (Lipinski definition) is 3. The predicted octanol–water partition coefficient (Wildman–Crippen LogP) is 4.76. The zero-order chi connectivity index (χ0) is 24.0. The van der Waals surface area contributed by atoms with Crippen molar-refractivity contribution in [2.45, 2.75) is 6.61 Å². The molecule has 0 saturated heterocycles. The van der Waals surface area contributed by atoms with Crippen LogP contribution in [0.15, 0.2) is 84.9 Å². The normalized spacial score (nSPS) is 10.9. The molecule has 4 aromatic rings. The van der Waals surface area contributed by atoms with E-state index >= 15 is 0 Å². The Morgan fingerprint density at radius 2 is 1.36 bits per heavy atom. The molecule has 0 radical (unpaired) electrons. The molecule has 172 valence electrons. The zero-order valence-electron chi connectivity index (χ0n) is 18.1. The maximum absolute atomic E-state index is 8.74. The van der Waals surface area contributed by atoms with Gasteiger partial charge in [0.2, 0.25) is 5.75 Å². The lowest BCUT2D eigenvalue weighted by molar-refractivity contribution is -0.740. The van der Waals surface area contributed by atoms with Crippen LogP contribution in [0.1, 0.15) is 5.56 Å². The number of rotatable bonds is 5. The Kier molecular flexibility index (Phi) is 7.88. The van der Waals surface area contributed by atoms with Gasteiger partial charge in [-0.05, 0) is 29.8 Å². The van der Waals surface area contributed by atoms with Crippen LogP contribution >= 0.6 is 11.6 Å². The maximum atomic E-state index is 8.74. The van der Waals surface area contributed by atoms with E-state index in [1.165, 1.54) is 0 Å². The van der Waals surface area contributed by atoms with E-state index in [0.29, 0.717) is 6.61 Å². The van der Waals surface area contributed by atoms with Crippen LogP contribution in [0.3, 0.4) is 0 Å². The smallest absolute Gasteiger partial charge is 0.394 e. The summed E-state index contributed by atoms with van der Waals surface area (Å²) in [7, 11) is -0.548. The molecule has 7 nitrogen and oxygen atoms in total. The highest BCUT2D eigenvalue weighted by Crippen LogP contribution is 2.37. The number of benzene rings is 3. The topological polar surface area (TPSA) is 92.6 Å². The van der Waals surface area contributed by atoms with E-state index in [-0.39, 0.29) is 0 Å². The van der Waals surface area contributed by atoms with Crippen molar-refractivity contribution in [1.82, 2.24) is 4.68 Å². The van der Waals surface area contributed by atoms with Crippen LogP contribution in [0, 0.1) is 0 Å². The van der Waals surface area contributed by atoms with Crippen molar-refractivity contribution in [2.24, 2.45) is 14.1 Å². The summed E-state index contributed by atoms with van der Waals surface area (Å²) >= 11 is 6.02. The first kappa shape index (κ1) is 24.5. The highest BCUT2D eigenvalue weighted by atomic mass is 35.5. The van der Waals surface area contributed by atoms with Gasteiger partial charge in [0.1, 0.15) is 6.61 Å². The Bertz CT molecular complexity index is 1240. The number of hydrogen-bond donors (Lipinski definition) is 2. The lowest BCUT2D eigenvalue weighted by Gasteiger charge is -2.08. The van der Waals surface area contributed by atoms with Gasteiger partial charge in [-0.3, -0.25) is 9.11 Å². The lowest BCUT2D eigenvalue weighted by atomic mass is 10.1. The van der Waals surface area contributed by atoms with Crippen molar-refractivity contribution in [2.75, 3.05) is 0 Å². The first-order valence-electron chi connectivity index (χ1n) is 9.92. The summed E-state index contributed by atoms with van der Waals surface area (Å²) < 4.78 is 42.3. The fourth-order valence-corrected chi connectivity index (χ4v) is 3.53. The average Bonchev–Trinajstić information content (AvgIpc) is 3.03. The van der Waals surface area contributed by atoms with Crippen LogP contribution in [0.5, 0.6) is 5.75 Å².